The Labute approximate surface area is 205 Å². The van der Waals surface area contributed by atoms with Gasteiger partial charge in [0.2, 0.25) is 0 Å². The number of aryl methyl sites for hydroxylation is 1. The van der Waals surface area contributed by atoms with Crippen LogP contribution in [0.5, 0.6) is 0 Å². The number of carboxylic acid groups (broad SMARTS) is 1. The summed E-state index contributed by atoms with van der Waals surface area (Å²) in [5.41, 5.74) is 3.94. The summed E-state index contributed by atoms with van der Waals surface area (Å²) in [6.45, 7) is 3.69. The lowest BCUT2D eigenvalue weighted by atomic mass is 9.86. The molecule has 0 unspecified atom stereocenters. The molecule has 9 heteroatoms. The molecule has 5 rings (SSSR count). The Bertz CT molecular complexity index is 1730. The van der Waals surface area contributed by atoms with Gasteiger partial charge in [-0.2, -0.15) is 5.26 Å². The third-order valence-corrected chi connectivity index (χ3v) is 6.29. The molecule has 0 spiro atoms. The topological polar surface area (TPSA) is 130 Å². The van der Waals surface area contributed by atoms with Gasteiger partial charge >= 0.3 is 11.7 Å². The SMILES string of the molecule is Cn1cc(-c2cc(-c3cnc4[nH]cc(C(=O)O)c4c3)ccn2)n(-c2ccc(C(C)(C)C#N)cc2)c1=O. The zero-order valence-electron chi connectivity index (χ0n) is 19.9. The first-order valence-electron chi connectivity index (χ1n) is 11.2. The normalized spacial score (nSPS) is 11.5. The molecule has 178 valence electrons. The molecule has 0 amide bonds. The second-order valence-corrected chi connectivity index (χ2v) is 9.08. The number of hydrogen-bond donors (Lipinski definition) is 2. The lowest BCUT2D eigenvalue weighted by Crippen LogP contribution is -2.21. The minimum Gasteiger partial charge on any atom is -0.478 e. The van der Waals surface area contributed by atoms with Gasteiger partial charge in [-0.05, 0) is 55.3 Å². The zero-order chi connectivity index (χ0) is 25.6. The molecule has 4 aromatic heterocycles. The van der Waals surface area contributed by atoms with Crippen LogP contribution in [-0.2, 0) is 12.5 Å². The Morgan fingerprint density at radius 3 is 2.56 bits per heavy atom. The molecule has 5 aromatic rings. The van der Waals surface area contributed by atoms with Gasteiger partial charge in [-0.15, -0.1) is 0 Å². The molecule has 0 saturated carbocycles. The number of nitrogens with one attached hydrogen (secondary N) is 1. The smallest absolute Gasteiger partial charge is 0.337 e. The van der Waals surface area contributed by atoms with Gasteiger partial charge in [-0.1, -0.05) is 12.1 Å². The van der Waals surface area contributed by atoms with E-state index >= 15 is 0 Å². The van der Waals surface area contributed by atoms with Crippen LogP contribution in [0.15, 0.2) is 72.0 Å². The molecule has 36 heavy (non-hydrogen) atoms. The lowest BCUT2D eigenvalue weighted by Gasteiger charge is -2.16. The van der Waals surface area contributed by atoms with E-state index in [9.17, 15) is 20.0 Å². The Hall–Kier alpha value is -4.97. The van der Waals surface area contributed by atoms with E-state index in [1.54, 1.807) is 36.3 Å². The van der Waals surface area contributed by atoms with Crippen molar-refractivity contribution in [1.29, 1.82) is 5.26 Å². The Balaban J connectivity index is 1.60. The van der Waals surface area contributed by atoms with Crippen LogP contribution in [0, 0.1) is 11.3 Å². The molecule has 0 aliphatic carbocycles. The van der Waals surface area contributed by atoms with Crippen LogP contribution in [0.2, 0.25) is 0 Å². The van der Waals surface area contributed by atoms with E-state index in [1.165, 1.54) is 10.8 Å². The van der Waals surface area contributed by atoms with Crippen LogP contribution in [0.4, 0.5) is 0 Å². The van der Waals surface area contributed by atoms with Gasteiger partial charge < -0.3 is 14.7 Å². The van der Waals surface area contributed by atoms with E-state index in [1.807, 2.05) is 50.2 Å². The van der Waals surface area contributed by atoms with Gasteiger partial charge in [-0.3, -0.25) is 9.55 Å². The monoisotopic (exact) mass is 478 g/mol. The lowest BCUT2D eigenvalue weighted by molar-refractivity contribution is 0.0699. The number of carboxylic acids is 1. The van der Waals surface area contributed by atoms with Crippen LogP contribution >= 0.6 is 0 Å². The van der Waals surface area contributed by atoms with Crippen molar-refractivity contribution in [2.24, 2.45) is 7.05 Å². The molecular formula is C27H22N6O3. The van der Waals surface area contributed by atoms with E-state index < -0.39 is 11.4 Å². The average molecular weight is 479 g/mol. The molecule has 9 nitrogen and oxygen atoms in total. The highest BCUT2D eigenvalue weighted by molar-refractivity contribution is 6.03. The van der Waals surface area contributed by atoms with E-state index in [-0.39, 0.29) is 11.3 Å². The summed E-state index contributed by atoms with van der Waals surface area (Å²) in [5, 5.41) is 19.4. The number of H-pyrrole nitrogens is 1. The van der Waals surface area contributed by atoms with Gasteiger partial charge in [0, 0.05) is 42.8 Å². The molecule has 0 aliphatic rings. The standard InChI is InChI=1S/C27H22N6O3/c1-27(2,15-28)18-4-6-19(7-5-18)33-23(14-32(3)26(33)36)22-11-16(8-9-29-22)17-10-20-21(25(34)35)13-31-24(20)30-12-17/h4-14H,1-3H3,(H,30,31)(H,34,35). The maximum absolute atomic E-state index is 13.1. The first-order chi connectivity index (χ1) is 17.2. The molecule has 2 N–H and O–H groups in total. The number of imidazole rings is 1. The molecule has 1 aromatic carbocycles. The van der Waals surface area contributed by atoms with Crippen molar-refractivity contribution in [1.82, 2.24) is 24.1 Å². The van der Waals surface area contributed by atoms with E-state index in [0.29, 0.717) is 28.1 Å². The summed E-state index contributed by atoms with van der Waals surface area (Å²) in [6, 6.07) is 15.1. The number of hydrogen-bond acceptors (Lipinski definition) is 5. The van der Waals surface area contributed by atoms with Crippen molar-refractivity contribution < 1.29 is 9.90 Å². The maximum atomic E-state index is 13.1. The van der Waals surface area contributed by atoms with Gasteiger partial charge in [0.15, 0.2) is 0 Å². The number of nitriles is 1. The van der Waals surface area contributed by atoms with Crippen LogP contribution in [0.25, 0.3) is 39.2 Å². The minimum atomic E-state index is -1.03. The van der Waals surface area contributed by atoms with Crippen molar-refractivity contribution in [3.63, 3.8) is 0 Å². The number of pyridine rings is 2. The fourth-order valence-electron chi connectivity index (χ4n) is 4.17. The largest absolute Gasteiger partial charge is 0.478 e. The van der Waals surface area contributed by atoms with E-state index in [0.717, 1.165) is 16.7 Å². The highest BCUT2D eigenvalue weighted by Crippen LogP contribution is 2.29. The van der Waals surface area contributed by atoms with Crippen LogP contribution in [0.1, 0.15) is 29.8 Å². The molecule has 4 heterocycles. The van der Waals surface area contributed by atoms with Crippen molar-refractivity contribution >= 4 is 17.0 Å². The molecule has 0 saturated heterocycles. The Morgan fingerprint density at radius 1 is 1.11 bits per heavy atom. The fraction of sp³-hybridized carbons (Fsp3) is 0.148. The molecule has 0 atom stereocenters. The molecule has 0 radical (unpaired) electrons. The van der Waals surface area contributed by atoms with Crippen molar-refractivity contribution in [2.75, 3.05) is 0 Å². The second kappa shape index (κ2) is 8.36. The van der Waals surface area contributed by atoms with Crippen molar-refractivity contribution in [3.05, 3.63) is 88.9 Å². The first kappa shape index (κ1) is 22.8. The predicted octanol–water partition coefficient (Wildman–Crippen LogP) is 4.28. The average Bonchev–Trinajstić information content (AvgIpc) is 3.44. The molecular weight excluding hydrogens is 456 g/mol. The molecule has 0 fully saturated rings. The number of fused-ring (bicyclic) bond motifs is 1. The summed E-state index contributed by atoms with van der Waals surface area (Å²) < 4.78 is 3.06. The number of benzene rings is 1. The Kier molecular flexibility index (Phi) is 5.29. The highest BCUT2D eigenvalue weighted by atomic mass is 16.4. The molecule has 0 aliphatic heterocycles. The maximum Gasteiger partial charge on any atom is 0.337 e. The highest BCUT2D eigenvalue weighted by Gasteiger charge is 2.21. The number of aromatic nitrogens is 5. The van der Waals surface area contributed by atoms with Gasteiger partial charge in [0.25, 0.3) is 0 Å². The fourth-order valence-corrected chi connectivity index (χ4v) is 4.17. The number of nitrogens with zero attached hydrogens (tertiary/aromatic N) is 5. The van der Waals surface area contributed by atoms with Gasteiger partial charge in [-0.25, -0.2) is 14.6 Å². The third-order valence-electron chi connectivity index (χ3n) is 6.29. The molecule has 0 bridgehead atoms. The number of aromatic amines is 1. The van der Waals surface area contributed by atoms with Crippen LogP contribution < -0.4 is 5.69 Å². The minimum absolute atomic E-state index is 0.147. The Morgan fingerprint density at radius 2 is 1.86 bits per heavy atom. The number of aromatic carboxylic acids is 1. The quantitative estimate of drug-likeness (QED) is 0.388. The summed E-state index contributed by atoms with van der Waals surface area (Å²) >= 11 is 0. The van der Waals surface area contributed by atoms with Crippen molar-refractivity contribution in [3.8, 4) is 34.3 Å². The first-order valence-corrected chi connectivity index (χ1v) is 11.2. The van der Waals surface area contributed by atoms with Crippen LogP contribution in [0.3, 0.4) is 0 Å². The van der Waals surface area contributed by atoms with Gasteiger partial charge in [0.05, 0.1) is 34.1 Å². The zero-order valence-corrected chi connectivity index (χ0v) is 19.9. The summed E-state index contributed by atoms with van der Waals surface area (Å²) in [6.07, 6.45) is 6.45. The van der Waals surface area contributed by atoms with E-state index in [4.69, 9.17) is 0 Å². The third kappa shape index (κ3) is 3.75. The summed E-state index contributed by atoms with van der Waals surface area (Å²) in [5.74, 6) is -1.03. The van der Waals surface area contributed by atoms with Crippen molar-refractivity contribution in [2.45, 2.75) is 19.3 Å². The summed E-state index contributed by atoms with van der Waals surface area (Å²) in [4.78, 5) is 36.3. The van der Waals surface area contributed by atoms with Crippen LogP contribution in [-0.4, -0.2) is 35.2 Å². The van der Waals surface area contributed by atoms with E-state index in [2.05, 4.69) is 21.0 Å². The van der Waals surface area contributed by atoms with Gasteiger partial charge in [0.1, 0.15) is 5.65 Å². The predicted molar refractivity (Wildman–Crippen MR) is 135 cm³/mol. The number of rotatable bonds is 5. The number of carbonyl (C=O) groups is 1. The summed E-state index contributed by atoms with van der Waals surface area (Å²) in [7, 11) is 1.68. The second-order valence-electron chi connectivity index (χ2n) is 9.08.